The van der Waals surface area contributed by atoms with E-state index in [1.807, 2.05) is 60.7 Å². The van der Waals surface area contributed by atoms with Crippen LogP contribution in [0.5, 0.6) is 0 Å². The summed E-state index contributed by atoms with van der Waals surface area (Å²) in [6, 6.07) is 28.3. The number of thiophene rings is 1. The number of hydrogen-bond donors (Lipinski definition) is 0. The van der Waals surface area contributed by atoms with Crippen molar-refractivity contribution in [2.45, 2.75) is 0 Å². The second kappa shape index (κ2) is 6.27. The molecule has 0 atom stereocenters. The third-order valence-corrected chi connectivity index (χ3v) is 6.65. The summed E-state index contributed by atoms with van der Waals surface area (Å²) in [6.07, 6.45) is 0. The monoisotopic (exact) mass is 418 g/mol. The normalized spacial score (nSPS) is 11.9. The highest BCUT2D eigenvalue weighted by Gasteiger charge is 2.15. The molecule has 7 rings (SSSR count). The van der Waals surface area contributed by atoms with E-state index in [4.69, 9.17) is 18.8 Å². The number of rotatable bonds is 2. The molecular weight excluding hydrogens is 404 g/mol. The van der Waals surface area contributed by atoms with Crippen LogP contribution in [0.25, 0.3) is 65.3 Å². The molecule has 4 aromatic carbocycles. The van der Waals surface area contributed by atoms with Gasteiger partial charge in [-0.3, -0.25) is 0 Å². The summed E-state index contributed by atoms with van der Waals surface area (Å²) in [5.41, 5.74) is 5.26. The third-order valence-electron chi connectivity index (χ3n) is 5.53. The zero-order valence-electron chi connectivity index (χ0n) is 16.2. The molecule has 0 saturated heterocycles. The largest absolute Gasteiger partial charge is 0.436 e. The molecule has 0 saturated carbocycles. The van der Waals surface area contributed by atoms with Crippen LogP contribution >= 0.6 is 11.3 Å². The molecule has 3 aromatic heterocycles. The molecule has 0 bridgehead atoms. The zero-order chi connectivity index (χ0) is 20.4. The minimum Gasteiger partial charge on any atom is -0.436 e. The maximum absolute atomic E-state index is 6.09. The van der Waals surface area contributed by atoms with Crippen LogP contribution < -0.4 is 0 Å². The fourth-order valence-electron chi connectivity index (χ4n) is 4.03. The molecule has 3 heterocycles. The molecule has 0 aliphatic heterocycles. The van der Waals surface area contributed by atoms with Gasteiger partial charge in [-0.25, -0.2) is 9.97 Å². The molecule has 0 aliphatic rings. The first-order valence-corrected chi connectivity index (χ1v) is 10.8. The Morgan fingerprint density at radius 1 is 0.548 bits per heavy atom. The standard InChI is InChI=1S/C26H14N2O2S/c1-3-7-15(8-4-1)25-27-19-13-23-17(11-21(19)29-25)18-12-22-20(14-24(18)31-23)28-26(30-22)16-9-5-2-6-10-16/h1-14H. The summed E-state index contributed by atoms with van der Waals surface area (Å²) in [4.78, 5) is 9.41. The minimum absolute atomic E-state index is 0.641. The van der Waals surface area contributed by atoms with Crippen LogP contribution in [0, 0.1) is 0 Å². The van der Waals surface area contributed by atoms with Crippen molar-refractivity contribution in [3.8, 4) is 22.9 Å². The summed E-state index contributed by atoms with van der Waals surface area (Å²) < 4.78 is 14.5. The van der Waals surface area contributed by atoms with E-state index < -0.39 is 0 Å². The van der Waals surface area contributed by atoms with Gasteiger partial charge in [0.05, 0.1) is 0 Å². The predicted molar refractivity (Wildman–Crippen MR) is 125 cm³/mol. The van der Waals surface area contributed by atoms with Crippen molar-refractivity contribution in [3.63, 3.8) is 0 Å². The Balaban J connectivity index is 1.42. The molecule has 31 heavy (non-hydrogen) atoms. The van der Waals surface area contributed by atoms with Gasteiger partial charge in [0.1, 0.15) is 11.0 Å². The van der Waals surface area contributed by atoms with E-state index in [0.29, 0.717) is 11.8 Å². The van der Waals surface area contributed by atoms with Gasteiger partial charge in [-0.15, -0.1) is 11.3 Å². The smallest absolute Gasteiger partial charge is 0.227 e. The van der Waals surface area contributed by atoms with Gasteiger partial charge in [-0.05, 0) is 48.5 Å². The Labute approximate surface area is 180 Å². The molecular formula is C26H14N2O2S. The fourth-order valence-corrected chi connectivity index (χ4v) is 5.16. The Morgan fingerprint density at radius 2 is 1.00 bits per heavy atom. The van der Waals surface area contributed by atoms with Crippen molar-refractivity contribution in [2.24, 2.45) is 0 Å². The van der Waals surface area contributed by atoms with Crippen molar-refractivity contribution in [1.29, 1.82) is 0 Å². The number of benzene rings is 4. The van der Waals surface area contributed by atoms with E-state index in [1.165, 1.54) is 9.40 Å². The molecule has 4 nitrogen and oxygen atoms in total. The molecule has 7 aromatic rings. The van der Waals surface area contributed by atoms with Crippen molar-refractivity contribution < 1.29 is 8.83 Å². The zero-order valence-corrected chi connectivity index (χ0v) is 17.0. The molecule has 0 radical (unpaired) electrons. The van der Waals surface area contributed by atoms with Crippen LogP contribution in [0.2, 0.25) is 0 Å². The van der Waals surface area contributed by atoms with Crippen LogP contribution in [0.4, 0.5) is 0 Å². The van der Waals surface area contributed by atoms with Gasteiger partial charge in [-0.2, -0.15) is 0 Å². The summed E-state index contributed by atoms with van der Waals surface area (Å²) >= 11 is 1.74. The van der Waals surface area contributed by atoms with Gasteiger partial charge in [0.15, 0.2) is 11.2 Å². The molecule has 0 amide bonds. The van der Waals surface area contributed by atoms with Crippen LogP contribution in [0.3, 0.4) is 0 Å². The quantitative estimate of drug-likeness (QED) is 0.289. The first-order chi connectivity index (χ1) is 15.3. The Morgan fingerprint density at radius 3 is 1.45 bits per heavy atom. The second-order valence-electron chi connectivity index (χ2n) is 7.50. The Kier molecular flexibility index (Phi) is 3.40. The van der Waals surface area contributed by atoms with Gasteiger partial charge in [0, 0.05) is 31.3 Å². The molecule has 0 spiro atoms. The fraction of sp³-hybridized carbons (Fsp3) is 0. The molecule has 0 aliphatic carbocycles. The van der Waals surface area contributed by atoms with Gasteiger partial charge in [0.25, 0.3) is 0 Å². The van der Waals surface area contributed by atoms with E-state index in [2.05, 4.69) is 24.3 Å². The minimum atomic E-state index is 0.641. The lowest BCUT2D eigenvalue weighted by molar-refractivity contribution is 0.619. The third kappa shape index (κ3) is 2.60. The predicted octanol–water partition coefficient (Wildman–Crippen LogP) is 7.67. The highest BCUT2D eigenvalue weighted by molar-refractivity contribution is 7.26. The Hall–Kier alpha value is -3.96. The van der Waals surface area contributed by atoms with Crippen molar-refractivity contribution in [1.82, 2.24) is 9.97 Å². The molecule has 0 N–H and O–H groups in total. The molecule has 0 fully saturated rings. The van der Waals surface area contributed by atoms with Crippen molar-refractivity contribution in [3.05, 3.63) is 84.9 Å². The van der Waals surface area contributed by atoms with E-state index in [0.717, 1.165) is 44.1 Å². The maximum Gasteiger partial charge on any atom is 0.227 e. The number of oxazole rings is 2. The van der Waals surface area contributed by atoms with E-state index in [9.17, 15) is 0 Å². The first kappa shape index (κ1) is 16.8. The van der Waals surface area contributed by atoms with Crippen molar-refractivity contribution in [2.75, 3.05) is 0 Å². The lowest BCUT2D eigenvalue weighted by atomic mass is 10.1. The lowest BCUT2D eigenvalue weighted by Gasteiger charge is -1.93. The van der Waals surface area contributed by atoms with Crippen molar-refractivity contribution >= 4 is 53.7 Å². The highest BCUT2D eigenvalue weighted by atomic mass is 32.1. The summed E-state index contributed by atoms with van der Waals surface area (Å²) in [7, 11) is 0. The van der Waals surface area contributed by atoms with Gasteiger partial charge < -0.3 is 8.83 Å². The molecule has 146 valence electrons. The Bertz CT molecular complexity index is 1600. The van der Waals surface area contributed by atoms with Crippen LogP contribution in [0.1, 0.15) is 0 Å². The number of aromatic nitrogens is 2. The number of hydrogen-bond acceptors (Lipinski definition) is 5. The van der Waals surface area contributed by atoms with Gasteiger partial charge >= 0.3 is 0 Å². The van der Waals surface area contributed by atoms with E-state index in [-0.39, 0.29) is 0 Å². The topological polar surface area (TPSA) is 52.1 Å². The number of nitrogens with zero attached hydrogens (tertiary/aromatic N) is 2. The second-order valence-corrected chi connectivity index (χ2v) is 8.59. The number of fused-ring (bicyclic) bond motifs is 5. The highest BCUT2D eigenvalue weighted by Crippen LogP contribution is 2.39. The SMILES string of the molecule is c1ccc(-c2nc3cc4sc5cc6nc(-c7ccccc7)oc6cc5c4cc3o2)cc1. The molecule has 5 heteroatoms. The molecule has 0 unspecified atom stereocenters. The lowest BCUT2D eigenvalue weighted by Crippen LogP contribution is -1.74. The van der Waals surface area contributed by atoms with E-state index >= 15 is 0 Å². The summed E-state index contributed by atoms with van der Waals surface area (Å²) in [6.45, 7) is 0. The average Bonchev–Trinajstić information content (AvgIpc) is 3.51. The van der Waals surface area contributed by atoms with Gasteiger partial charge in [0.2, 0.25) is 11.8 Å². The van der Waals surface area contributed by atoms with E-state index in [1.54, 1.807) is 11.3 Å². The van der Waals surface area contributed by atoms with Crippen LogP contribution in [-0.2, 0) is 0 Å². The van der Waals surface area contributed by atoms with Gasteiger partial charge in [-0.1, -0.05) is 36.4 Å². The van der Waals surface area contributed by atoms with Crippen LogP contribution in [0.15, 0.2) is 93.8 Å². The summed E-state index contributed by atoms with van der Waals surface area (Å²) in [5.74, 6) is 1.28. The maximum atomic E-state index is 6.09. The first-order valence-electron chi connectivity index (χ1n) is 10.00. The average molecular weight is 418 g/mol. The summed E-state index contributed by atoms with van der Waals surface area (Å²) in [5, 5.41) is 2.28. The van der Waals surface area contributed by atoms with Crippen LogP contribution in [-0.4, -0.2) is 9.97 Å².